The number of carbonyl (C=O) groups excluding carboxylic acids is 1. The number of hydrogen-bond donors (Lipinski definition) is 1. The van der Waals surface area contributed by atoms with E-state index >= 15 is 0 Å². The van der Waals surface area contributed by atoms with E-state index < -0.39 is 0 Å². The summed E-state index contributed by atoms with van der Waals surface area (Å²) in [4.78, 5) is 14.7. The highest BCUT2D eigenvalue weighted by molar-refractivity contribution is 6.30. The third kappa shape index (κ3) is 5.73. The zero-order valence-electron chi connectivity index (χ0n) is 14.6. The summed E-state index contributed by atoms with van der Waals surface area (Å²) in [6.45, 7) is 3.93. The molecule has 1 aliphatic rings. The zero-order chi connectivity index (χ0) is 18.2. The Hall–Kier alpha value is -2.08. The lowest BCUT2D eigenvalue weighted by Gasteiger charge is -2.31. The Labute approximate surface area is 158 Å². The first kappa shape index (κ1) is 18.7. The minimum Gasteiger partial charge on any atom is -0.484 e. The van der Waals surface area contributed by atoms with Crippen molar-refractivity contribution in [3.05, 3.63) is 65.2 Å². The van der Waals surface area contributed by atoms with Crippen LogP contribution in [0.15, 0.2) is 54.6 Å². The van der Waals surface area contributed by atoms with Crippen LogP contribution >= 0.6 is 11.6 Å². The molecule has 1 aliphatic heterocycles. The Morgan fingerprint density at radius 3 is 2.50 bits per heavy atom. The van der Waals surface area contributed by atoms with Crippen molar-refractivity contribution in [1.82, 2.24) is 10.2 Å². The molecular formula is C20H23ClN2O3. The predicted octanol–water partition coefficient (Wildman–Crippen LogP) is 2.91. The van der Waals surface area contributed by atoms with Gasteiger partial charge in [0.1, 0.15) is 5.75 Å². The number of rotatable bonds is 7. The van der Waals surface area contributed by atoms with E-state index in [2.05, 4.69) is 10.2 Å². The molecule has 138 valence electrons. The average Bonchev–Trinajstić information content (AvgIpc) is 2.68. The van der Waals surface area contributed by atoms with Crippen LogP contribution in [0.5, 0.6) is 5.75 Å². The Balaban J connectivity index is 1.58. The lowest BCUT2D eigenvalue weighted by atomic mass is 10.1. The number of nitrogens with zero attached hydrogens (tertiary/aromatic N) is 1. The standard InChI is InChI=1S/C20H23ClN2O3/c21-17-6-8-18(9-7-17)26-15-20(24)22-19(16-4-2-1-3-5-16)14-23-10-12-25-13-11-23/h1-9,19H,10-15H2,(H,22,24)/t19-/m0/s1. The number of nitrogens with one attached hydrogen (secondary N) is 1. The summed E-state index contributed by atoms with van der Waals surface area (Å²) in [5.74, 6) is 0.469. The van der Waals surface area contributed by atoms with Gasteiger partial charge in [-0.3, -0.25) is 9.69 Å². The van der Waals surface area contributed by atoms with Gasteiger partial charge in [-0.25, -0.2) is 0 Å². The summed E-state index contributed by atoms with van der Waals surface area (Å²) in [5.41, 5.74) is 1.08. The molecule has 6 heteroatoms. The van der Waals surface area contributed by atoms with Crippen LogP contribution in [0.2, 0.25) is 5.02 Å². The van der Waals surface area contributed by atoms with Crippen LogP contribution in [-0.4, -0.2) is 50.3 Å². The van der Waals surface area contributed by atoms with Crippen LogP contribution in [0.25, 0.3) is 0 Å². The molecule has 1 atom stereocenters. The molecule has 26 heavy (non-hydrogen) atoms. The Morgan fingerprint density at radius 1 is 1.12 bits per heavy atom. The topological polar surface area (TPSA) is 50.8 Å². The van der Waals surface area contributed by atoms with Crippen molar-refractivity contribution in [3.8, 4) is 5.75 Å². The van der Waals surface area contributed by atoms with Gasteiger partial charge in [0, 0.05) is 24.7 Å². The number of morpholine rings is 1. The first-order valence-corrected chi connectivity index (χ1v) is 9.11. The normalized spacial score (nSPS) is 16.0. The Kier molecular flexibility index (Phi) is 6.89. The molecule has 5 nitrogen and oxygen atoms in total. The van der Waals surface area contributed by atoms with Gasteiger partial charge in [-0.1, -0.05) is 41.9 Å². The summed E-state index contributed by atoms with van der Waals surface area (Å²) < 4.78 is 11.0. The van der Waals surface area contributed by atoms with Crippen LogP contribution < -0.4 is 10.1 Å². The maximum absolute atomic E-state index is 12.4. The van der Waals surface area contributed by atoms with Gasteiger partial charge in [0.05, 0.1) is 19.3 Å². The fraction of sp³-hybridized carbons (Fsp3) is 0.350. The van der Waals surface area contributed by atoms with E-state index in [0.29, 0.717) is 10.8 Å². The largest absolute Gasteiger partial charge is 0.484 e. The van der Waals surface area contributed by atoms with E-state index in [-0.39, 0.29) is 18.6 Å². The van der Waals surface area contributed by atoms with Crippen molar-refractivity contribution >= 4 is 17.5 Å². The first-order valence-electron chi connectivity index (χ1n) is 8.73. The fourth-order valence-corrected chi connectivity index (χ4v) is 3.00. The molecule has 1 saturated heterocycles. The number of halogens is 1. The molecule has 0 radical (unpaired) electrons. The lowest BCUT2D eigenvalue weighted by molar-refractivity contribution is -0.124. The third-order valence-corrected chi connectivity index (χ3v) is 4.52. The molecule has 3 rings (SSSR count). The van der Waals surface area contributed by atoms with Crippen molar-refractivity contribution in [2.75, 3.05) is 39.5 Å². The SMILES string of the molecule is O=C(COc1ccc(Cl)cc1)N[C@@H](CN1CCOCC1)c1ccccc1. The minimum absolute atomic E-state index is 0.0337. The average molecular weight is 375 g/mol. The van der Waals surface area contributed by atoms with Crippen molar-refractivity contribution in [2.45, 2.75) is 6.04 Å². The molecular weight excluding hydrogens is 352 g/mol. The summed E-state index contributed by atoms with van der Waals surface area (Å²) in [6.07, 6.45) is 0. The monoisotopic (exact) mass is 374 g/mol. The number of amides is 1. The van der Waals surface area contributed by atoms with Crippen molar-refractivity contribution in [1.29, 1.82) is 0 Å². The van der Waals surface area contributed by atoms with Crippen molar-refractivity contribution in [2.24, 2.45) is 0 Å². The number of carbonyl (C=O) groups is 1. The molecule has 1 amide bonds. The second-order valence-electron chi connectivity index (χ2n) is 6.19. The molecule has 0 saturated carbocycles. The molecule has 1 fully saturated rings. The van der Waals surface area contributed by atoms with Crippen LogP contribution in [0.3, 0.4) is 0 Å². The lowest BCUT2D eigenvalue weighted by Crippen LogP contribution is -2.44. The van der Waals surface area contributed by atoms with E-state index in [4.69, 9.17) is 21.1 Å². The minimum atomic E-state index is -0.151. The highest BCUT2D eigenvalue weighted by Crippen LogP contribution is 2.17. The molecule has 0 unspecified atom stereocenters. The number of hydrogen-bond acceptors (Lipinski definition) is 4. The second-order valence-corrected chi connectivity index (χ2v) is 6.62. The quantitative estimate of drug-likeness (QED) is 0.809. The van der Waals surface area contributed by atoms with E-state index in [0.717, 1.165) is 38.4 Å². The molecule has 2 aromatic rings. The van der Waals surface area contributed by atoms with Crippen molar-refractivity contribution < 1.29 is 14.3 Å². The summed E-state index contributed by atoms with van der Waals surface area (Å²) >= 11 is 5.86. The Bertz CT molecular complexity index is 688. The Morgan fingerprint density at radius 2 is 1.81 bits per heavy atom. The second kappa shape index (κ2) is 9.57. The maximum Gasteiger partial charge on any atom is 0.258 e. The van der Waals surface area contributed by atoms with Crippen LogP contribution in [0.4, 0.5) is 0 Å². The number of ether oxygens (including phenoxy) is 2. The van der Waals surface area contributed by atoms with E-state index in [9.17, 15) is 4.79 Å². The highest BCUT2D eigenvalue weighted by atomic mass is 35.5. The van der Waals surface area contributed by atoms with Gasteiger partial charge in [-0.05, 0) is 29.8 Å². The van der Waals surface area contributed by atoms with E-state index in [1.807, 2.05) is 30.3 Å². The van der Waals surface area contributed by atoms with E-state index in [1.165, 1.54) is 0 Å². The third-order valence-electron chi connectivity index (χ3n) is 4.27. The summed E-state index contributed by atoms with van der Waals surface area (Å²) in [6, 6.07) is 16.9. The molecule has 0 bridgehead atoms. The molecule has 0 spiro atoms. The number of benzene rings is 2. The highest BCUT2D eigenvalue weighted by Gasteiger charge is 2.20. The first-order chi connectivity index (χ1) is 12.7. The van der Waals surface area contributed by atoms with Gasteiger partial charge < -0.3 is 14.8 Å². The zero-order valence-corrected chi connectivity index (χ0v) is 15.3. The molecule has 1 heterocycles. The van der Waals surface area contributed by atoms with Crippen LogP contribution in [0.1, 0.15) is 11.6 Å². The van der Waals surface area contributed by atoms with Crippen molar-refractivity contribution in [3.63, 3.8) is 0 Å². The van der Waals surface area contributed by atoms with Crippen LogP contribution in [-0.2, 0) is 9.53 Å². The van der Waals surface area contributed by atoms with Gasteiger partial charge in [0.15, 0.2) is 6.61 Å². The fourth-order valence-electron chi connectivity index (χ4n) is 2.88. The smallest absolute Gasteiger partial charge is 0.258 e. The molecule has 0 aliphatic carbocycles. The molecule has 1 N–H and O–H groups in total. The van der Waals surface area contributed by atoms with Gasteiger partial charge in [0.25, 0.3) is 5.91 Å². The van der Waals surface area contributed by atoms with E-state index in [1.54, 1.807) is 24.3 Å². The van der Waals surface area contributed by atoms with Gasteiger partial charge in [0.2, 0.25) is 0 Å². The van der Waals surface area contributed by atoms with Gasteiger partial charge in [-0.15, -0.1) is 0 Å². The summed E-state index contributed by atoms with van der Waals surface area (Å²) in [7, 11) is 0. The van der Waals surface area contributed by atoms with Gasteiger partial charge in [-0.2, -0.15) is 0 Å². The molecule has 2 aromatic carbocycles. The maximum atomic E-state index is 12.4. The van der Waals surface area contributed by atoms with Gasteiger partial charge >= 0.3 is 0 Å². The predicted molar refractivity (Wildman–Crippen MR) is 102 cm³/mol. The molecule has 0 aromatic heterocycles. The van der Waals surface area contributed by atoms with Crippen LogP contribution in [0, 0.1) is 0 Å². The summed E-state index contributed by atoms with van der Waals surface area (Å²) in [5, 5.41) is 3.73.